The Balaban J connectivity index is 1.69. The second kappa shape index (κ2) is 11.7. The number of rotatable bonds is 8. The number of hydrogen-bond acceptors (Lipinski definition) is 7. The van der Waals surface area contributed by atoms with Crippen LogP contribution in [0.5, 0.6) is 0 Å². The third-order valence-electron chi connectivity index (χ3n) is 7.37. The molecule has 0 unspecified atom stereocenters. The molecule has 0 bridgehead atoms. The van der Waals surface area contributed by atoms with Gasteiger partial charge in [-0.1, -0.05) is 6.92 Å². The largest absolute Gasteiger partial charge is 0.465 e. The highest BCUT2D eigenvalue weighted by atomic mass is 16.6. The minimum absolute atomic E-state index is 0.0235. The lowest BCUT2D eigenvalue weighted by molar-refractivity contribution is -0.146. The summed E-state index contributed by atoms with van der Waals surface area (Å²) in [4.78, 5) is 44.5. The first-order valence-electron chi connectivity index (χ1n) is 14.1. The van der Waals surface area contributed by atoms with Crippen LogP contribution in [0.2, 0.25) is 0 Å². The maximum Gasteiger partial charge on any atom is 0.419 e. The van der Waals surface area contributed by atoms with Gasteiger partial charge in [0.1, 0.15) is 16.6 Å². The zero-order valence-electron chi connectivity index (χ0n) is 24.5. The number of nitrogens with zero attached hydrogens (tertiary/aromatic N) is 3. The molecule has 9 nitrogen and oxygen atoms in total. The topological polar surface area (TPSA) is 100.0 Å². The van der Waals surface area contributed by atoms with Crippen LogP contribution in [0.25, 0.3) is 0 Å². The van der Waals surface area contributed by atoms with Crippen LogP contribution in [0.4, 0.5) is 9.59 Å². The summed E-state index contributed by atoms with van der Waals surface area (Å²) in [6.45, 7) is 15.1. The van der Waals surface area contributed by atoms with E-state index in [9.17, 15) is 14.4 Å². The van der Waals surface area contributed by atoms with Gasteiger partial charge in [-0.3, -0.25) is 4.79 Å². The van der Waals surface area contributed by atoms with Crippen molar-refractivity contribution in [2.24, 2.45) is 11.8 Å². The van der Waals surface area contributed by atoms with E-state index in [0.29, 0.717) is 31.9 Å². The SMILES string of the molecule is CCOC(=O)[C@@]1(c2cn([C@H]3CC[C@H](C)CC3)cn2)C[C@H]1CCCN(C(=O)OC(C)(C)C)C(=O)OC(C)(C)C. The molecule has 0 aromatic carbocycles. The molecule has 0 radical (unpaired) electrons. The number of esters is 1. The number of amides is 2. The fraction of sp³-hybridized carbons (Fsp3) is 0.793. The van der Waals surface area contributed by atoms with Gasteiger partial charge in [-0.2, -0.15) is 0 Å². The summed E-state index contributed by atoms with van der Waals surface area (Å²) >= 11 is 0. The van der Waals surface area contributed by atoms with E-state index < -0.39 is 28.8 Å². The summed E-state index contributed by atoms with van der Waals surface area (Å²) in [5.74, 6) is 0.535. The number of ether oxygens (including phenoxy) is 3. The summed E-state index contributed by atoms with van der Waals surface area (Å²) in [5.41, 5.74) is -1.51. The summed E-state index contributed by atoms with van der Waals surface area (Å²) in [6, 6.07) is 0.417. The minimum atomic E-state index is -0.772. The summed E-state index contributed by atoms with van der Waals surface area (Å²) in [7, 11) is 0. The summed E-state index contributed by atoms with van der Waals surface area (Å²) in [6.07, 6.45) is 8.86. The van der Waals surface area contributed by atoms with Crippen molar-refractivity contribution >= 4 is 18.2 Å². The third-order valence-corrected chi connectivity index (χ3v) is 7.37. The summed E-state index contributed by atoms with van der Waals surface area (Å²) in [5, 5.41) is 0. The molecule has 1 aromatic heterocycles. The average Bonchev–Trinajstić information content (AvgIpc) is 3.30. The molecule has 0 saturated heterocycles. The predicted molar refractivity (Wildman–Crippen MR) is 144 cm³/mol. The van der Waals surface area contributed by atoms with Crippen molar-refractivity contribution in [3.63, 3.8) is 0 Å². The van der Waals surface area contributed by atoms with Gasteiger partial charge < -0.3 is 18.8 Å². The lowest BCUT2D eigenvalue weighted by atomic mass is 9.87. The molecule has 1 aromatic rings. The smallest absolute Gasteiger partial charge is 0.419 e. The van der Waals surface area contributed by atoms with Gasteiger partial charge in [-0.15, -0.1) is 0 Å². The molecule has 1 heterocycles. The van der Waals surface area contributed by atoms with Crippen LogP contribution >= 0.6 is 0 Å². The molecule has 2 atom stereocenters. The molecule has 0 N–H and O–H groups in total. The van der Waals surface area contributed by atoms with Gasteiger partial charge in [0, 0.05) is 18.8 Å². The third kappa shape index (κ3) is 7.50. The highest BCUT2D eigenvalue weighted by Gasteiger charge is 2.63. The molecular formula is C29H47N3O6. The Morgan fingerprint density at radius 2 is 1.61 bits per heavy atom. The molecule has 0 spiro atoms. The second-order valence-electron chi connectivity index (χ2n) is 13.0. The quantitative estimate of drug-likeness (QED) is 0.281. The fourth-order valence-corrected chi connectivity index (χ4v) is 5.30. The van der Waals surface area contributed by atoms with E-state index in [4.69, 9.17) is 14.2 Å². The molecule has 2 fully saturated rings. The highest BCUT2D eigenvalue weighted by molar-refractivity contribution is 5.88. The normalized spacial score (nSPS) is 25.4. The molecule has 9 heteroatoms. The predicted octanol–water partition coefficient (Wildman–Crippen LogP) is 6.41. The Bertz CT molecular complexity index is 955. The standard InChI is InChI=1S/C29H47N3O6/c1-9-36-24(33)29(23-18-31(19-30-23)22-14-12-20(2)13-15-22)17-21(29)11-10-16-32(25(34)37-27(3,4)5)26(35)38-28(6,7)8/h18-22H,9-17H2,1-8H3/t20-,21-,22-,29+/m1/s1. The molecular weight excluding hydrogens is 486 g/mol. The van der Waals surface area contributed by atoms with Crippen molar-refractivity contribution in [3.05, 3.63) is 18.2 Å². The maximum absolute atomic E-state index is 13.2. The average molecular weight is 534 g/mol. The van der Waals surface area contributed by atoms with Crippen molar-refractivity contribution in [1.29, 1.82) is 0 Å². The van der Waals surface area contributed by atoms with Crippen molar-refractivity contribution in [2.45, 2.75) is 123 Å². The Kier molecular flexibility index (Phi) is 9.20. The number of imidazole rings is 1. The Morgan fingerprint density at radius 1 is 1.03 bits per heavy atom. The molecule has 0 aliphatic heterocycles. The minimum Gasteiger partial charge on any atom is -0.465 e. The van der Waals surface area contributed by atoms with E-state index in [0.717, 1.165) is 29.4 Å². The first-order valence-corrected chi connectivity index (χ1v) is 14.1. The van der Waals surface area contributed by atoms with Crippen molar-refractivity contribution < 1.29 is 28.6 Å². The van der Waals surface area contributed by atoms with E-state index in [1.54, 1.807) is 41.5 Å². The van der Waals surface area contributed by atoms with Gasteiger partial charge in [0.05, 0.1) is 18.6 Å². The van der Waals surface area contributed by atoms with Crippen LogP contribution in [0.1, 0.15) is 112 Å². The summed E-state index contributed by atoms with van der Waals surface area (Å²) < 4.78 is 18.6. The monoisotopic (exact) mass is 533 g/mol. The van der Waals surface area contributed by atoms with Gasteiger partial charge in [0.15, 0.2) is 0 Å². The first kappa shape index (κ1) is 30.0. The lowest BCUT2D eigenvalue weighted by Gasteiger charge is -2.28. The van der Waals surface area contributed by atoms with Gasteiger partial charge in [0.25, 0.3) is 0 Å². The van der Waals surface area contributed by atoms with Crippen LogP contribution in [-0.2, 0) is 24.4 Å². The zero-order chi connectivity index (χ0) is 28.3. The molecule has 2 aliphatic carbocycles. The Morgan fingerprint density at radius 3 is 2.13 bits per heavy atom. The van der Waals surface area contributed by atoms with Gasteiger partial charge in [-0.05, 0) is 105 Å². The van der Waals surface area contributed by atoms with E-state index in [2.05, 4.69) is 16.5 Å². The van der Waals surface area contributed by atoms with Gasteiger partial charge >= 0.3 is 18.2 Å². The number of imide groups is 1. The number of carbonyl (C=O) groups is 3. The highest BCUT2D eigenvalue weighted by Crippen LogP contribution is 2.57. The Hall–Kier alpha value is -2.58. The molecule has 2 amide bonds. The van der Waals surface area contributed by atoms with E-state index in [1.807, 2.05) is 19.4 Å². The zero-order valence-corrected chi connectivity index (χ0v) is 24.5. The van der Waals surface area contributed by atoms with E-state index in [-0.39, 0.29) is 18.4 Å². The lowest BCUT2D eigenvalue weighted by Crippen LogP contribution is -2.44. The van der Waals surface area contributed by atoms with Crippen LogP contribution in [-0.4, -0.2) is 57.0 Å². The number of hydrogen-bond donors (Lipinski definition) is 0. The maximum atomic E-state index is 13.2. The van der Waals surface area contributed by atoms with E-state index in [1.165, 1.54) is 12.8 Å². The number of carbonyl (C=O) groups excluding carboxylic acids is 3. The first-order chi connectivity index (χ1) is 17.7. The molecule has 2 saturated carbocycles. The van der Waals surface area contributed by atoms with Crippen molar-refractivity contribution in [1.82, 2.24) is 14.5 Å². The van der Waals surface area contributed by atoms with Crippen LogP contribution < -0.4 is 0 Å². The fourth-order valence-electron chi connectivity index (χ4n) is 5.30. The van der Waals surface area contributed by atoms with Crippen LogP contribution in [0, 0.1) is 11.8 Å². The van der Waals surface area contributed by atoms with Crippen molar-refractivity contribution in [2.75, 3.05) is 13.2 Å². The number of aromatic nitrogens is 2. The van der Waals surface area contributed by atoms with E-state index >= 15 is 0 Å². The molecule has 38 heavy (non-hydrogen) atoms. The Labute approximate surface area is 227 Å². The molecule has 2 aliphatic rings. The van der Waals surface area contributed by atoms with Gasteiger partial charge in [0.2, 0.25) is 0 Å². The van der Waals surface area contributed by atoms with Crippen LogP contribution in [0.3, 0.4) is 0 Å². The second-order valence-corrected chi connectivity index (χ2v) is 13.0. The van der Waals surface area contributed by atoms with Crippen LogP contribution in [0.15, 0.2) is 12.5 Å². The molecule has 214 valence electrons. The molecule has 3 rings (SSSR count). The van der Waals surface area contributed by atoms with Crippen molar-refractivity contribution in [3.8, 4) is 0 Å². The van der Waals surface area contributed by atoms with Gasteiger partial charge in [-0.25, -0.2) is 19.5 Å².